The number of aromatic nitrogens is 3. The van der Waals surface area contributed by atoms with Crippen LogP contribution in [0.3, 0.4) is 0 Å². The number of methoxy groups -OCH3 is 1. The molecule has 2 heterocycles. The second-order valence-electron chi connectivity index (χ2n) is 6.14. The van der Waals surface area contributed by atoms with Crippen molar-refractivity contribution in [3.05, 3.63) is 34.6 Å². The Hall–Kier alpha value is -1.54. The molecule has 2 aromatic rings. The highest BCUT2D eigenvalue weighted by molar-refractivity contribution is 7.71. The van der Waals surface area contributed by atoms with Crippen LogP contribution in [0.5, 0.6) is 0 Å². The quantitative estimate of drug-likeness (QED) is 0.788. The summed E-state index contributed by atoms with van der Waals surface area (Å²) in [6.45, 7) is 7.78. The van der Waals surface area contributed by atoms with Crippen LogP contribution in [0.1, 0.15) is 5.56 Å². The van der Waals surface area contributed by atoms with Gasteiger partial charge in [0.2, 0.25) is 4.77 Å². The standard InChI is InChI=1S/C17H24N4O2S/c1-14-4-3-5-15(12-14)16-18-21(13-19-6-10-23-11-7-19)17(24)20(16)8-9-22-2/h3-5,12H,6-11,13H2,1-2H3/p+1. The van der Waals surface area contributed by atoms with Crippen molar-refractivity contribution >= 4 is 12.2 Å². The number of nitrogens with one attached hydrogen (secondary N) is 1. The third-order valence-corrected chi connectivity index (χ3v) is 4.72. The molecule has 6 nitrogen and oxygen atoms in total. The first-order valence-electron chi connectivity index (χ1n) is 8.34. The van der Waals surface area contributed by atoms with Gasteiger partial charge in [-0.25, -0.2) is 0 Å². The van der Waals surface area contributed by atoms with Crippen LogP contribution < -0.4 is 4.90 Å². The number of benzene rings is 1. The lowest BCUT2D eigenvalue weighted by molar-refractivity contribution is -0.930. The Morgan fingerprint density at radius 3 is 2.83 bits per heavy atom. The highest BCUT2D eigenvalue weighted by atomic mass is 32.1. The Morgan fingerprint density at radius 1 is 1.33 bits per heavy atom. The van der Waals surface area contributed by atoms with Crippen LogP contribution in [-0.4, -0.2) is 54.4 Å². The summed E-state index contributed by atoms with van der Waals surface area (Å²) in [6, 6.07) is 8.37. The fourth-order valence-corrected chi connectivity index (χ4v) is 3.24. The smallest absolute Gasteiger partial charge is 0.203 e. The number of morpholine rings is 1. The van der Waals surface area contributed by atoms with E-state index < -0.39 is 0 Å². The van der Waals surface area contributed by atoms with E-state index >= 15 is 0 Å². The fraction of sp³-hybridized carbons (Fsp3) is 0.529. The molecular formula is C17H25N4O2S+. The molecule has 24 heavy (non-hydrogen) atoms. The molecule has 1 aliphatic rings. The molecule has 130 valence electrons. The van der Waals surface area contributed by atoms with Crippen molar-refractivity contribution < 1.29 is 14.4 Å². The monoisotopic (exact) mass is 349 g/mol. The lowest BCUT2D eigenvalue weighted by Gasteiger charge is -2.23. The van der Waals surface area contributed by atoms with Crippen LogP contribution in [0.4, 0.5) is 0 Å². The largest absolute Gasteiger partial charge is 0.383 e. The van der Waals surface area contributed by atoms with Crippen LogP contribution in [0.2, 0.25) is 0 Å². The zero-order chi connectivity index (χ0) is 16.9. The molecule has 1 aromatic heterocycles. The fourth-order valence-electron chi connectivity index (χ4n) is 2.96. The predicted molar refractivity (Wildman–Crippen MR) is 94.6 cm³/mol. The molecule has 3 rings (SSSR count). The Bertz CT molecular complexity index is 734. The molecule has 0 unspecified atom stereocenters. The van der Waals surface area contributed by atoms with Crippen LogP contribution in [-0.2, 0) is 22.7 Å². The molecule has 1 saturated heterocycles. The van der Waals surface area contributed by atoms with Gasteiger partial charge in [-0.05, 0) is 25.2 Å². The minimum Gasteiger partial charge on any atom is -0.383 e. The molecule has 0 amide bonds. The Labute approximate surface area is 147 Å². The van der Waals surface area contributed by atoms with E-state index in [-0.39, 0.29) is 0 Å². The Kier molecular flexibility index (Phi) is 5.78. The Morgan fingerprint density at radius 2 is 2.12 bits per heavy atom. The highest BCUT2D eigenvalue weighted by Crippen LogP contribution is 2.19. The summed E-state index contributed by atoms with van der Waals surface area (Å²) in [4.78, 5) is 1.45. The molecule has 1 aromatic carbocycles. The molecule has 0 radical (unpaired) electrons. The van der Waals surface area contributed by atoms with E-state index in [1.807, 2.05) is 4.68 Å². The number of hydrogen-bond donors (Lipinski definition) is 1. The van der Waals surface area contributed by atoms with Gasteiger partial charge in [0.15, 0.2) is 12.5 Å². The topological polar surface area (TPSA) is 45.7 Å². The maximum Gasteiger partial charge on any atom is 0.203 e. The van der Waals surface area contributed by atoms with Crippen LogP contribution >= 0.6 is 12.2 Å². The van der Waals surface area contributed by atoms with Gasteiger partial charge in [0.1, 0.15) is 13.1 Å². The zero-order valence-corrected chi connectivity index (χ0v) is 15.1. The molecule has 0 atom stereocenters. The van der Waals surface area contributed by atoms with E-state index in [0.717, 1.165) is 49.1 Å². The van der Waals surface area contributed by atoms with Gasteiger partial charge in [-0.1, -0.05) is 23.8 Å². The van der Waals surface area contributed by atoms with Gasteiger partial charge in [-0.15, -0.1) is 5.10 Å². The molecular weight excluding hydrogens is 324 g/mol. The number of ether oxygens (including phenoxy) is 2. The van der Waals surface area contributed by atoms with Gasteiger partial charge in [0.05, 0.1) is 26.4 Å². The van der Waals surface area contributed by atoms with Crippen molar-refractivity contribution in [1.29, 1.82) is 0 Å². The lowest BCUT2D eigenvalue weighted by Crippen LogP contribution is -3.13. The number of nitrogens with zero attached hydrogens (tertiary/aromatic N) is 3. The van der Waals surface area contributed by atoms with Crippen molar-refractivity contribution in [1.82, 2.24) is 14.3 Å². The van der Waals surface area contributed by atoms with E-state index in [9.17, 15) is 0 Å². The first-order valence-corrected chi connectivity index (χ1v) is 8.75. The minimum absolute atomic E-state index is 0.614. The molecule has 0 spiro atoms. The maximum absolute atomic E-state index is 5.69. The van der Waals surface area contributed by atoms with Crippen LogP contribution in [0, 0.1) is 11.7 Å². The third kappa shape index (κ3) is 3.92. The first-order chi connectivity index (χ1) is 11.7. The van der Waals surface area contributed by atoms with Gasteiger partial charge < -0.3 is 14.4 Å². The van der Waals surface area contributed by atoms with E-state index in [1.165, 1.54) is 10.5 Å². The second kappa shape index (κ2) is 8.02. The van der Waals surface area contributed by atoms with E-state index in [0.29, 0.717) is 13.2 Å². The summed E-state index contributed by atoms with van der Waals surface area (Å²) in [5.74, 6) is 0.911. The maximum atomic E-state index is 5.69. The minimum atomic E-state index is 0.614. The summed E-state index contributed by atoms with van der Waals surface area (Å²) >= 11 is 5.69. The highest BCUT2D eigenvalue weighted by Gasteiger charge is 2.18. The molecule has 1 N–H and O–H groups in total. The predicted octanol–water partition coefficient (Wildman–Crippen LogP) is 0.909. The number of hydrogen-bond acceptors (Lipinski definition) is 4. The van der Waals surface area contributed by atoms with Crippen molar-refractivity contribution in [2.45, 2.75) is 20.1 Å². The van der Waals surface area contributed by atoms with Gasteiger partial charge >= 0.3 is 0 Å². The first kappa shape index (κ1) is 17.3. The van der Waals surface area contributed by atoms with Crippen molar-refractivity contribution in [3.63, 3.8) is 0 Å². The summed E-state index contributed by atoms with van der Waals surface area (Å²) in [7, 11) is 1.71. The van der Waals surface area contributed by atoms with E-state index in [1.54, 1.807) is 7.11 Å². The number of rotatable bonds is 6. The number of quaternary nitrogens is 1. The number of aryl methyl sites for hydroxylation is 1. The molecule has 0 aliphatic carbocycles. The SMILES string of the molecule is COCCn1c(-c2cccc(C)c2)nn(C[NH+]2CCOCC2)c1=S. The average Bonchev–Trinajstić information content (AvgIpc) is 2.90. The molecule has 1 fully saturated rings. The van der Waals surface area contributed by atoms with E-state index in [4.69, 9.17) is 26.8 Å². The molecule has 0 saturated carbocycles. The summed E-state index contributed by atoms with van der Waals surface area (Å²) < 4.78 is 15.5. The third-order valence-electron chi connectivity index (χ3n) is 4.29. The normalized spacial score (nSPS) is 15.8. The van der Waals surface area contributed by atoms with Crippen LogP contribution in [0.15, 0.2) is 24.3 Å². The second-order valence-corrected chi connectivity index (χ2v) is 6.51. The van der Waals surface area contributed by atoms with Crippen molar-refractivity contribution in [2.24, 2.45) is 0 Å². The molecule has 0 bridgehead atoms. The van der Waals surface area contributed by atoms with E-state index in [2.05, 4.69) is 35.8 Å². The summed E-state index contributed by atoms with van der Waals surface area (Å²) in [5.41, 5.74) is 2.30. The van der Waals surface area contributed by atoms with Crippen LogP contribution in [0.25, 0.3) is 11.4 Å². The molecule has 7 heteroatoms. The lowest BCUT2D eigenvalue weighted by atomic mass is 10.1. The molecule has 1 aliphatic heterocycles. The Balaban J connectivity index is 1.94. The van der Waals surface area contributed by atoms with Gasteiger partial charge in [-0.2, -0.15) is 4.68 Å². The van der Waals surface area contributed by atoms with Crippen molar-refractivity contribution in [2.75, 3.05) is 40.0 Å². The zero-order valence-electron chi connectivity index (χ0n) is 14.3. The van der Waals surface area contributed by atoms with Gasteiger partial charge in [-0.3, -0.25) is 4.57 Å². The summed E-state index contributed by atoms with van der Waals surface area (Å²) in [6.07, 6.45) is 0. The van der Waals surface area contributed by atoms with Gasteiger partial charge in [0.25, 0.3) is 0 Å². The summed E-state index contributed by atoms with van der Waals surface area (Å²) in [5, 5.41) is 4.83. The van der Waals surface area contributed by atoms with Gasteiger partial charge in [0, 0.05) is 12.7 Å². The van der Waals surface area contributed by atoms with Crippen molar-refractivity contribution in [3.8, 4) is 11.4 Å². The average molecular weight is 349 g/mol.